The van der Waals surface area contributed by atoms with Crippen molar-refractivity contribution in [3.05, 3.63) is 35.4 Å². The molecule has 0 amide bonds. The molecule has 1 unspecified atom stereocenters. The molecule has 1 aromatic rings. The van der Waals surface area contributed by atoms with Crippen LogP contribution in [0.15, 0.2) is 29.3 Å². The quantitative estimate of drug-likeness (QED) is 0.229. The van der Waals surface area contributed by atoms with E-state index >= 15 is 0 Å². The smallest absolute Gasteiger partial charge is 0.190 e. The number of guanidine groups is 1. The minimum absolute atomic E-state index is 0. The number of methoxy groups -OCH3 is 1. The first-order chi connectivity index (χ1) is 11.7. The molecule has 0 heterocycles. The van der Waals surface area contributed by atoms with Crippen LogP contribution in [0.2, 0.25) is 0 Å². The van der Waals surface area contributed by atoms with Gasteiger partial charge < -0.3 is 20.1 Å². The average molecular weight is 463 g/mol. The van der Waals surface area contributed by atoms with Gasteiger partial charge in [0.1, 0.15) is 0 Å². The van der Waals surface area contributed by atoms with Crippen LogP contribution >= 0.6 is 24.0 Å². The number of nitrogens with one attached hydrogen (secondary N) is 2. The van der Waals surface area contributed by atoms with Gasteiger partial charge in [-0.05, 0) is 31.2 Å². The fourth-order valence-corrected chi connectivity index (χ4v) is 2.26. The summed E-state index contributed by atoms with van der Waals surface area (Å²) < 4.78 is 10.4. The van der Waals surface area contributed by atoms with Crippen LogP contribution in [-0.4, -0.2) is 53.0 Å². The molecule has 0 aliphatic carbocycles. The van der Waals surface area contributed by atoms with Gasteiger partial charge in [0.15, 0.2) is 5.96 Å². The molecule has 0 saturated carbocycles. The van der Waals surface area contributed by atoms with Crippen LogP contribution in [-0.2, 0) is 9.47 Å². The summed E-state index contributed by atoms with van der Waals surface area (Å²) in [5, 5.41) is 6.74. The van der Waals surface area contributed by atoms with E-state index in [0.717, 1.165) is 38.5 Å². The topological polar surface area (TPSA) is 54.9 Å². The van der Waals surface area contributed by atoms with Crippen molar-refractivity contribution in [3.63, 3.8) is 0 Å². The zero-order chi connectivity index (χ0) is 17.6. The van der Waals surface area contributed by atoms with E-state index in [1.807, 2.05) is 0 Å². The van der Waals surface area contributed by atoms with E-state index in [0.29, 0.717) is 19.1 Å². The number of rotatable bonds is 11. The number of aliphatic imine (C=N–C) groups is 1. The summed E-state index contributed by atoms with van der Waals surface area (Å²) in [5.41, 5.74) is 2.64. The van der Waals surface area contributed by atoms with Crippen molar-refractivity contribution in [2.75, 3.05) is 47.1 Å². The van der Waals surface area contributed by atoms with E-state index < -0.39 is 0 Å². The average Bonchev–Trinajstić information content (AvgIpc) is 2.60. The highest BCUT2D eigenvalue weighted by molar-refractivity contribution is 14.0. The molecule has 2 N–H and O–H groups in total. The Kier molecular flexibility index (Phi) is 14.9. The summed E-state index contributed by atoms with van der Waals surface area (Å²) >= 11 is 0. The highest BCUT2D eigenvalue weighted by Crippen LogP contribution is 2.14. The first-order valence-corrected chi connectivity index (χ1v) is 8.75. The van der Waals surface area contributed by atoms with Crippen molar-refractivity contribution in [1.29, 1.82) is 0 Å². The highest BCUT2D eigenvalue weighted by atomic mass is 127. The van der Waals surface area contributed by atoms with Crippen molar-refractivity contribution in [2.24, 2.45) is 4.99 Å². The van der Waals surface area contributed by atoms with E-state index in [1.165, 1.54) is 11.1 Å². The fourth-order valence-electron chi connectivity index (χ4n) is 2.26. The maximum Gasteiger partial charge on any atom is 0.190 e. The number of aryl methyl sites for hydroxylation is 1. The molecule has 0 radical (unpaired) electrons. The van der Waals surface area contributed by atoms with Gasteiger partial charge in [0, 0.05) is 33.9 Å². The summed E-state index contributed by atoms with van der Waals surface area (Å²) in [6, 6.07) is 8.71. The normalized spacial score (nSPS) is 12.4. The minimum Gasteiger partial charge on any atom is -0.382 e. The zero-order valence-electron chi connectivity index (χ0n) is 16.0. The van der Waals surface area contributed by atoms with Gasteiger partial charge in [0.25, 0.3) is 0 Å². The molecule has 1 aromatic carbocycles. The van der Waals surface area contributed by atoms with Crippen LogP contribution in [0.3, 0.4) is 0 Å². The largest absolute Gasteiger partial charge is 0.382 e. The van der Waals surface area contributed by atoms with Crippen molar-refractivity contribution < 1.29 is 9.47 Å². The maximum atomic E-state index is 5.45. The van der Waals surface area contributed by atoms with Gasteiger partial charge in [-0.1, -0.05) is 36.8 Å². The van der Waals surface area contributed by atoms with Gasteiger partial charge in [-0.15, -0.1) is 24.0 Å². The Morgan fingerprint density at radius 1 is 1.08 bits per heavy atom. The Labute approximate surface area is 170 Å². The maximum absolute atomic E-state index is 5.45. The Balaban J connectivity index is 0.00000576. The van der Waals surface area contributed by atoms with Crippen LogP contribution in [0, 0.1) is 6.92 Å². The highest BCUT2D eigenvalue weighted by Gasteiger charge is 2.06. The molecule has 0 spiro atoms. The zero-order valence-corrected chi connectivity index (χ0v) is 18.3. The van der Waals surface area contributed by atoms with Gasteiger partial charge >= 0.3 is 0 Å². The molecule has 0 aliphatic rings. The van der Waals surface area contributed by atoms with E-state index in [1.54, 1.807) is 14.2 Å². The van der Waals surface area contributed by atoms with Crippen molar-refractivity contribution in [1.82, 2.24) is 10.6 Å². The van der Waals surface area contributed by atoms with Crippen LogP contribution in [0.4, 0.5) is 0 Å². The third-order valence-corrected chi connectivity index (χ3v) is 3.89. The molecule has 5 nitrogen and oxygen atoms in total. The number of benzene rings is 1. The van der Waals surface area contributed by atoms with Gasteiger partial charge in [0.05, 0.1) is 13.2 Å². The summed E-state index contributed by atoms with van der Waals surface area (Å²) in [6.45, 7) is 8.21. The Morgan fingerprint density at radius 3 is 2.44 bits per heavy atom. The monoisotopic (exact) mass is 463 g/mol. The van der Waals surface area contributed by atoms with Crippen LogP contribution in [0.5, 0.6) is 0 Å². The summed E-state index contributed by atoms with van der Waals surface area (Å²) in [6.07, 6.45) is 2.09. The number of ether oxygens (including phenoxy) is 2. The van der Waals surface area contributed by atoms with E-state index in [2.05, 4.69) is 53.7 Å². The van der Waals surface area contributed by atoms with Crippen molar-refractivity contribution >= 4 is 29.9 Å². The lowest BCUT2D eigenvalue weighted by atomic mass is 10.0. The molecule has 0 bridgehead atoms. The first-order valence-electron chi connectivity index (χ1n) is 8.75. The number of nitrogens with zero attached hydrogens (tertiary/aromatic N) is 1. The third kappa shape index (κ3) is 11.4. The summed E-state index contributed by atoms with van der Waals surface area (Å²) in [4.78, 5) is 4.27. The van der Waals surface area contributed by atoms with E-state index in [9.17, 15) is 0 Å². The number of unbranched alkanes of at least 4 members (excludes halogenated alkanes) is 1. The molecule has 0 saturated heterocycles. The first kappa shape index (κ1) is 24.1. The van der Waals surface area contributed by atoms with Crippen LogP contribution in [0.1, 0.15) is 36.8 Å². The van der Waals surface area contributed by atoms with E-state index in [-0.39, 0.29) is 24.0 Å². The van der Waals surface area contributed by atoms with Gasteiger partial charge in [-0.25, -0.2) is 0 Å². The SMILES string of the molecule is CN=C(NCCCCOCCOC)NCC(C)c1ccc(C)cc1.I. The molecule has 0 fully saturated rings. The van der Waals surface area contributed by atoms with Crippen molar-refractivity contribution in [2.45, 2.75) is 32.6 Å². The molecule has 144 valence electrons. The molecular formula is C19H34IN3O2. The number of hydrogen-bond donors (Lipinski definition) is 2. The van der Waals surface area contributed by atoms with Gasteiger partial charge in [0.2, 0.25) is 0 Å². The summed E-state index contributed by atoms with van der Waals surface area (Å²) in [5.74, 6) is 1.30. The lowest BCUT2D eigenvalue weighted by Crippen LogP contribution is -2.39. The van der Waals surface area contributed by atoms with E-state index in [4.69, 9.17) is 9.47 Å². The molecule has 1 rings (SSSR count). The Hall–Kier alpha value is -0.860. The molecule has 1 atom stereocenters. The molecule has 0 aromatic heterocycles. The standard InChI is InChI=1S/C19H33N3O2.HI/c1-16-7-9-18(10-8-16)17(2)15-22-19(20-3)21-11-5-6-12-24-14-13-23-4;/h7-10,17H,5-6,11-15H2,1-4H3,(H2,20,21,22);1H. The second-order valence-electron chi connectivity index (χ2n) is 6.00. The molecule has 0 aliphatic heterocycles. The van der Waals surface area contributed by atoms with Crippen LogP contribution in [0.25, 0.3) is 0 Å². The van der Waals surface area contributed by atoms with Gasteiger partial charge in [-0.2, -0.15) is 0 Å². The number of halogens is 1. The number of hydrogen-bond acceptors (Lipinski definition) is 3. The summed E-state index contributed by atoms with van der Waals surface area (Å²) in [7, 11) is 3.49. The van der Waals surface area contributed by atoms with Crippen LogP contribution < -0.4 is 10.6 Å². The Morgan fingerprint density at radius 2 is 1.80 bits per heavy atom. The predicted octanol–water partition coefficient (Wildman–Crippen LogP) is 3.32. The van der Waals surface area contributed by atoms with Crippen molar-refractivity contribution in [3.8, 4) is 0 Å². The molecule has 25 heavy (non-hydrogen) atoms. The lowest BCUT2D eigenvalue weighted by molar-refractivity contribution is 0.0689. The second kappa shape index (κ2) is 15.4. The third-order valence-electron chi connectivity index (χ3n) is 3.89. The lowest BCUT2D eigenvalue weighted by Gasteiger charge is -2.16. The second-order valence-corrected chi connectivity index (χ2v) is 6.00. The molecular weight excluding hydrogens is 429 g/mol. The Bertz CT molecular complexity index is 466. The molecule has 6 heteroatoms. The minimum atomic E-state index is 0. The van der Waals surface area contributed by atoms with Gasteiger partial charge in [-0.3, -0.25) is 4.99 Å². The predicted molar refractivity (Wildman–Crippen MR) is 116 cm³/mol. The fraction of sp³-hybridized carbons (Fsp3) is 0.632.